The Kier molecular flexibility index (Phi) is 6.20. The molecule has 0 amide bonds. The Morgan fingerprint density at radius 3 is 2.04 bits per heavy atom. The lowest BCUT2D eigenvalue weighted by molar-refractivity contribution is 0.101. The number of hydrogen-bond donors (Lipinski definition) is 0. The van der Waals surface area contributed by atoms with Crippen LogP contribution in [0.2, 0.25) is 0 Å². The topological polar surface area (TPSA) is 57.7 Å². The number of hydrogen-bond acceptors (Lipinski definition) is 4. The number of carbonyl (C=O) groups is 1. The van der Waals surface area contributed by atoms with Crippen molar-refractivity contribution in [2.75, 3.05) is 31.1 Å². The van der Waals surface area contributed by atoms with E-state index in [1.165, 1.54) is 5.56 Å². The van der Waals surface area contributed by atoms with Crippen molar-refractivity contribution in [2.45, 2.75) is 38.0 Å². The monoisotopic (exact) mass is 400 g/mol. The minimum Gasteiger partial charge on any atom is -0.369 e. The first-order valence-electron chi connectivity index (χ1n) is 9.79. The third-order valence-corrected chi connectivity index (χ3v) is 7.49. The first-order valence-corrected chi connectivity index (χ1v) is 11.2. The van der Waals surface area contributed by atoms with Gasteiger partial charge in [-0.05, 0) is 61.2 Å². The SMILES string of the molecule is CCC(C)c1ccc(S(=O)(=O)N2CCN(c3ccc(C(C)=O)cc3)CC2)cc1. The van der Waals surface area contributed by atoms with Crippen LogP contribution in [0, 0.1) is 0 Å². The second-order valence-electron chi connectivity index (χ2n) is 7.37. The molecular formula is C22H28N2O3S. The van der Waals surface area contributed by atoms with Gasteiger partial charge in [0.1, 0.15) is 0 Å². The number of nitrogens with zero attached hydrogens (tertiary/aromatic N) is 2. The molecule has 0 saturated carbocycles. The Morgan fingerprint density at radius 2 is 1.54 bits per heavy atom. The average Bonchev–Trinajstić information content (AvgIpc) is 2.73. The van der Waals surface area contributed by atoms with Crippen molar-refractivity contribution in [3.05, 3.63) is 59.7 Å². The molecule has 0 aromatic heterocycles. The second kappa shape index (κ2) is 8.45. The zero-order valence-electron chi connectivity index (χ0n) is 16.8. The quantitative estimate of drug-likeness (QED) is 0.690. The van der Waals surface area contributed by atoms with Crippen LogP contribution in [-0.2, 0) is 10.0 Å². The van der Waals surface area contributed by atoms with Crippen molar-refractivity contribution in [3.63, 3.8) is 0 Å². The molecule has 0 aliphatic carbocycles. The van der Waals surface area contributed by atoms with Gasteiger partial charge in [-0.1, -0.05) is 26.0 Å². The van der Waals surface area contributed by atoms with E-state index in [1.807, 2.05) is 36.4 Å². The molecule has 6 heteroatoms. The summed E-state index contributed by atoms with van der Waals surface area (Å²) in [5, 5.41) is 0. The summed E-state index contributed by atoms with van der Waals surface area (Å²) in [6.45, 7) is 7.98. The van der Waals surface area contributed by atoms with Gasteiger partial charge in [0.05, 0.1) is 4.90 Å². The van der Waals surface area contributed by atoms with E-state index in [1.54, 1.807) is 23.4 Å². The number of rotatable bonds is 6. The third kappa shape index (κ3) is 4.28. The van der Waals surface area contributed by atoms with E-state index in [9.17, 15) is 13.2 Å². The Bertz CT molecular complexity index is 913. The maximum Gasteiger partial charge on any atom is 0.243 e. The number of anilines is 1. The van der Waals surface area contributed by atoms with E-state index in [2.05, 4.69) is 18.7 Å². The summed E-state index contributed by atoms with van der Waals surface area (Å²) in [5.74, 6) is 0.469. The summed E-state index contributed by atoms with van der Waals surface area (Å²) in [6, 6.07) is 14.8. The van der Waals surface area contributed by atoms with E-state index in [0.717, 1.165) is 12.1 Å². The summed E-state index contributed by atoms with van der Waals surface area (Å²) >= 11 is 0. The molecule has 5 nitrogen and oxygen atoms in total. The number of Topliss-reactive ketones (excluding diaryl/α,β-unsaturated/α-hetero) is 1. The van der Waals surface area contributed by atoms with Crippen molar-refractivity contribution in [2.24, 2.45) is 0 Å². The normalized spacial score (nSPS) is 16.8. The number of benzene rings is 2. The van der Waals surface area contributed by atoms with Gasteiger partial charge in [0.25, 0.3) is 0 Å². The Morgan fingerprint density at radius 1 is 0.964 bits per heavy atom. The molecule has 1 saturated heterocycles. The molecule has 1 aliphatic rings. The molecule has 1 aliphatic heterocycles. The highest BCUT2D eigenvalue weighted by Gasteiger charge is 2.28. The van der Waals surface area contributed by atoms with Crippen LogP contribution in [0.4, 0.5) is 5.69 Å². The van der Waals surface area contributed by atoms with Gasteiger partial charge in [-0.15, -0.1) is 0 Å². The van der Waals surface area contributed by atoms with Crippen LogP contribution in [0.3, 0.4) is 0 Å². The second-order valence-corrected chi connectivity index (χ2v) is 9.31. The molecule has 1 heterocycles. The van der Waals surface area contributed by atoms with Crippen LogP contribution >= 0.6 is 0 Å². The predicted molar refractivity (Wildman–Crippen MR) is 113 cm³/mol. The summed E-state index contributed by atoms with van der Waals surface area (Å²) in [6.07, 6.45) is 1.03. The Hall–Kier alpha value is -2.18. The average molecular weight is 401 g/mol. The van der Waals surface area contributed by atoms with Crippen molar-refractivity contribution < 1.29 is 13.2 Å². The number of sulfonamides is 1. The van der Waals surface area contributed by atoms with Gasteiger partial charge in [0, 0.05) is 37.4 Å². The lowest BCUT2D eigenvalue weighted by Crippen LogP contribution is -2.48. The molecule has 3 rings (SSSR count). The Labute approximate surface area is 168 Å². The van der Waals surface area contributed by atoms with Gasteiger partial charge in [-0.2, -0.15) is 4.31 Å². The molecule has 0 spiro atoms. The first kappa shape index (κ1) is 20.6. The van der Waals surface area contributed by atoms with Gasteiger partial charge < -0.3 is 4.90 Å². The molecule has 1 atom stereocenters. The number of piperazine rings is 1. The standard InChI is InChI=1S/C22H28N2O3S/c1-4-17(2)19-7-11-22(12-8-19)28(26,27)24-15-13-23(14-16-24)21-9-5-20(6-10-21)18(3)25/h5-12,17H,4,13-16H2,1-3H3. The highest BCUT2D eigenvalue weighted by molar-refractivity contribution is 7.89. The van der Waals surface area contributed by atoms with E-state index in [0.29, 0.717) is 42.6 Å². The van der Waals surface area contributed by atoms with Crippen molar-refractivity contribution in [1.29, 1.82) is 0 Å². The van der Waals surface area contributed by atoms with Crippen LogP contribution in [0.1, 0.15) is 49.0 Å². The first-order chi connectivity index (χ1) is 13.3. The zero-order valence-corrected chi connectivity index (χ0v) is 17.6. The fourth-order valence-electron chi connectivity index (χ4n) is 3.45. The molecule has 0 radical (unpaired) electrons. The van der Waals surface area contributed by atoms with E-state index in [4.69, 9.17) is 0 Å². The zero-order chi connectivity index (χ0) is 20.3. The molecule has 28 heavy (non-hydrogen) atoms. The molecule has 1 fully saturated rings. The van der Waals surface area contributed by atoms with E-state index < -0.39 is 10.0 Å². The van der Waals surface area contributed by atoms with Crippen molar-refractivity contribution in [1.82, 2.24) is 4.31 Å². The molecular weight excluding hydrogens is 372 g/mol. The van der Waals surface area contributed by atoms with Crippen molar-refractivity contribution in [3.8, 4) is 0 Å². The molecule has 0 bridgehead atoms. The van der Waals surface area contributed by atoms with Gasteiger partial charge in [0.15, 0.2) is 5.78 Å². The van der Waals surface area contributed by atoms with Crippen LogP contribution in [0.25, 0.3) is 0 Å². The molecule has 1 unspecified atom stereocenters. The number of carbonyl (C=O) groups excluding carboxylic acids is 1. The van der Waals surface area contributed by atoms with E-state index in [-0.39, 0.29) is 5.78 Å². The van der Waals surface area contributed by atoms with Crippen LogP contribution in [0.15, 0.2) is 53.4 Å². The molecule has 2 aromatic rings. The minimum atomic E-state index is -3.47. The van der Waals surface area contributed by atoms with Crippen molar-refractivity contribution >= 4 is 21.5 Å². The fraction of sp³-hybridized carbons (Fsp3) is 0.409. The predicted octanol–water partition coefficient (Wildman–Crippen LogP) is 3.91. The Balaban J connectivity index is 1.67. The minimum absolute atomic E-state index is 0.0433. The lowest BCUT2D eigenvalue weighted by Gasteiger charge is -2.35. The van der Waals surface area contributed by atoms with Crippen LogP contribution in [0.5, 0.6) is 0 Å². The van der Waals surface area contributed by atoms with E-state index >= 15 is 0 Å². The lowest BCUT2D eigenvalue weighted by atomic mass is 9.99. The van der Waals surface area contributed by atoms with Crippen LogP contribution < -0.4 is 4.90 Å². The largest absolute Gasteiger partial charge is 0.369 e. The third-order valence-electron chi connectivity index (χ3n) is 5.58. The van der Waals surface area contributed by atoms with Gasteiger partial charge in [-0.25, -0.2) is 8.42 Å². The summed E-state index contributed by atoms with van der Waals surface area (Å²) in [5.41, 5.74) is 2.87. The molecule has 0 N–H and O–H groups in total. The fourth-order valence-corrected chi connectivity index (χ4v) is 4.87. The van der Waals surface area contributed by atoms with Gasteiger partial charge in [0.2, 0.25) is 10.0 Å². The summed E-state index contributed by atoms with van der Waals surface area (Å²) in [4.78, 5) is 13.9. The molecule has 150 valence electrons. The summed E-state index contributed by atoms with van der Waals surface area (Å²) < 4.78 is 27.5. The maximum absolute atomic E-state index is 13.0. The smallest absolute Gasteiger partial charge is 0.243 e. The maximum atomic E-state index is 13.0. The van der Waals surface area contributed by atoms with Gasteiger partial charge >= 0.3 is 0 Å². The number of ketones is 1. The molecule has 2 aromatic carbocycles. The van der Waals surface area contributed by atoms with Gasteiger partial charge in [-0.3, -0.25) is 4.79 Å². The highest BCUT2D eigenvalue weighted by atomic mass is 32.2. The van der Waals surface area contributed by atoms with Crippen LogP contribution in [-0.4, -0.2) is 44.7 Å². The highest BCUT2D eigenvalue weighted by Crippen LogP contribution is 2.24. The summed E-state index contributed by atoms with van der Waals surface area (Å²) in [7, 11) is -3.47.